The Balaban J connectivity index is 1.44. The number of imide groups is 1. The Hall–Kier alpha value is -5.45. The van der Waals surface area contributed by atoms with E-state index >= 15 is 0 Å². The lowest BCUT2D eigenvalue weighted by Crippen LogP contribution is -2.51. The fourth-order valence-corrected chi connectivity index (χ4v) is 5.41. The maximum Gasteiger partial charge on any atom is 0.332 e. The highest BCUT2D eigenvalue weighted by molar-refractivity contribution is 7.92. The quantitative estimate of drug-likeness (QED) is 0.247. The van der Waals surface area contributed by atoms with Crippen LogP contribution in [0.25, 0.3) is 0 Å². The van der Waals surface area contributed by atoms with Crippen molar-refractivity contribution in [3.63, 3.8) is 0 Å². The number of anilines is 3. The molecule has 1 aliphatic heterocycles. The number of carbonyl (C=O) groups excluding carboxylic acids is 4. The van der Waals surface area contributed by atoms with Crippen molar-refractivity contribution in [1.82, 2.24) is 15.2 Å². The molecule has 2 aromatic carbocycles. The van der Waals surface area contributed by atoms with Crippen molar-refractivity contribution in [2.45, 2.75) is 44.6 Å². The molecule has 0 radical (unpaired) electrons. The molecule has 5 amide bonds. The van der Waals surface area contributed by atoms with E-state index in [0.717, 1.165) is 17.0 Å². The Morgan fingerprint density at radius 1 is 1.02 bits per heavy atom. The van der Waals surface area contributed by atoms with Crippen molar-refractivity contribution in [2.24, 2.45) is 5.41 Å². The van der Waals surface area contributed by atoms with Gasteiger partial charge in [0.25, 0.3) is 15.9 Å². The number of hydrogen-bond acceptors (Lipinski definition) is 8. The van der Waals surface area contributed by atoms with Crippen LogP contribution in [0.1, 0.15) is 43.1 Å². The summed E-state index contributed by atoms with van der Waals surface area (Å²) in [6, 6.07) is 6.33. The van der Waals surface area contributed by atoms with Crippen LogP contribution in [0.4, 0.5) is 30.8 Å². The zero-order valence-corrected chi connectivity index (χ0v) is 27.0. The molecule has 1 aliphatic rings. The van der Waals surface area contributed by atoms with Crippen molar-refractivity contribution >= 4 is 56.9 Å². The van der Waals surface area contributed by atoms with Crippen LogP contribution in [-0.2, 0) is 30.8 Å². The molecule has 1 atom stereocenters. The van der Waals surface area contributed by atoms with Crippen molar-refractivity contribution in [1.29, 1.82) is 0 Å². The second-order valence-corrected chi connectivity index (χ2v) is 13.6. The minimum absolute atomic E-state index is 0.0195. The Labute approximate surface area is 274 Å². The number of pyridine rings is 1. The number of hydrogen-bond donors (Lipinski definition) is 4. The smallest absolute Gasteiger partial charge is 0.332 e. The summed E-state index contributed by atoms with van der Waals surface area (Å²) in [5.41, 5.74) is -1.81. The van der Waals surface area contributed by atoms with Crippen LogP contribution in [0, 0.1) is 17.0 Å². The molecule has 1 saturated heterocycles. The number of benzene rings is 2. The number of sulfonamides is 1. The molecule has 0 saturated carbocycles. The molecule has 4 rings (SSSR count). The van der Waals surface area contributed by atoms with Crippen LogP contribution >= 0.6 is 0 Å². The van der Waals surface area contributed by atoms with Gasteiger partial charge in [0.15, 0.2) is 0 Å². The number of halogens is 2. The Bertz CT molecular complexity index is 1880. The Morgan fingerprint density at radius 2 is 1.69 bits per heavy atom. The number of nitrogens with one attached hydrogen (secondary N) is 3. The SMILES string of the molecule is CN1CCC(=O)N(c2ccc(C[C@H](NC(=O)c3cc(F)c(NS(=O)(=O)c4ccc(NC(=O)C(C)(C)C)cc4)cc3F)C(=O)O)cn2)C1=O. The molecule has 0 unspecified atom stereocenters. The summed E-state index contributed by atoms with van der Waals surface area (Å²) < 4.78 is 57.6. The largest absolute Gasteiger partial charge is 0.480 e. The van der Waals surface area contributed by atoms with Crippen LogP contribution in [0.2, 0.25) is 0 Å². The van der Waals surface area contributed by atoms with Crippen molar-refractivity contribution in [3.05, 3.63) is 77.5 Å². The van der Waals surface area contributed by atoms with E-state index in [4.69, 9.17) is 0 Å². The van der Waals surface area contributed by atoms with E-state index in [1.807, 2.05) is 4.72 Å². The van der Waals surface area contributed by atoms with Gasteiger partial charge in [-0.3, -0.25) is 19.1 Å². The van der Waals surface area contributed by atoms with Gasteiger partial charge in [0.2, 0.25) is 11.8 Å². The predicted molar refractivity (Wildman–Crippen MR) is 169 cm³/mol. The summed E-state index contributed by atoms with van der Waals surface area (Å²) >= 11 is 0. The number of carboxylic acid groups (broad SMARTS) is 1. The highest BCUT2D eigenvalue weighted by Crippen LogP contribution is 2.25. The topological polar surface area (TPSA) is 195 Å². The first-order valence-corrected chi connectivity index (χ1v) is 15.9. The maximum atomic E-state index is 15.0. The van der Waals surface area contributed by atoms with Crippen molar-refractivity contribution in [2.75, 3.05) is 28.5 Å². The van der Waals surface area contributed by atoms with Crippen LogP contribution in [-0.4, -0.2) is 72.8 Å². The van der Waals surface area contributed by atoms with Crippen LogP contribution in [0.3, 0.4) is 0 Å². The molecular weight excluding hydrogens is 654 g/mol. The molecule has 4 N–H and O–H groups in total. The molecule has 0 bridgehead atoms. The lowest BCUT2D eigenvalue weighted by Gasteiger charge is -2.30. The number of carbonyl (C=O) groups is 5. The van der Waals surface area contributed by atoms with Gasteiger partial charge >= 0.3 is 12.0 Å². The molecule has 14 nitrogen and oxygen atoms in total. The normalized spacial score (nSPS) is 14.4. The van der Waals surface area contributed by atoms with Gasteiger partial charge in [-0.15, -0.1) is 0 Å². The fraction of sp³-hybridized carbons (Fsp3) is 0.290. The zero-order chi connectivity index (χ0) is 35.6. The van der Waals surface area contributed by atoms with Gasteiger partial charge < -0.3 is 20.6 Å². The van der Waals surface area contributed by atoms with Gasteiger partial charge in [0.05, 0.1) is 16.1 Å². The van der Waals surface area contributed by atoms with E-state index < -0.39 is 68.2 Å². The summed E-state index contributed by atoms with van der Waals surface area (Å²) in [6.07, 6.45) is 0.955. The van der Waals surface area contributed by atoms with Gasteiger partial charge in [-0.25, -0.2) is 36.7 Å². The molecule has 0 spiro atoms. The van der Waals surface area contributed by atoms with E-state index in [2.05, 4.69) is 15.6 Å². The highest BCUT2D eigenvalue weighted by Gasteiger charge is 2.32. The molecule has 0 aliphatic carbocycles. The minimum atomic E-state index is -4.44. The second kappa shape index (κ2) is 13.7. The Morgan fingerprint density at radius 3 is 2.27 bits per heavy atom. The zero-order valence-electron chi connectivity index (χ0n) is 26.2. The summed E-state index contributed by atoms with van der Waals surface area (Å²) in [5, 5.41) is 14.4. The van der Waals surface area contributed by atoms with E-state index in [0.29, 0.717) is 17.8 Å². The van der Waals surface area contributed by atoms with E-state index in [-0.39, 0.29) is 41.6 Å². The lowest BCUT2D eigenvalue weighted by atomic mass is 9.95. The number of aromatic nitrogens is 1. The summed E-state index contributed by atoms with van der Waals surface area (Å²) in [5.74, 6) is -6.22. The molecule has 2 heterocycles. The number of rotatable bonds is 10. The number of urea groups is 1. The van der Waals surface area contributed by atoms with Gasteiger partial charge in [-0.05, 0) is 42.0 Å². The molecule has 48 heavy (non-hydrogen) atoms. The lowest BCUT2D eigenvalue weighted by molar-refractivity contribution is -0.139. The number of aliphatic carboxylic acids is 1. The van der Waals surface area contributed by atoms with Crippen LogP contribution < -0.4 is 20.3 Å². The third kappa shape index (κ3) is 8.09. The maximum absolute atomic E-state index is 15.0. The number of nitrogens with zero attached hydrogens (tertiary/aromatic N) is 3. The predicted octanol–water partition coefficient (Wildman–Crippen LogP) is 3.36. The van der Waals surface area contributed by atoms with E-state index in [9.17, 15) is 46.3 Å². The van der Waals surface area contributed by atoms with E-state index in [1.54, 1.807) is 20.8 Å². The fourth-order valence-electron chi connectivity index (χ4n) is 4.35. The van der Waals surface area contributed by atoms with Gasteiger partial charge in [-0.1, -0.05) is 26.8 Å². The molecule has 254 valence electrons. The third-order valence-corrected chi connectivity index (χ3v) is 8.54. The third-order valence-electron chi connectivity index (χ3n) is 7.16. The average molecular weight is 687 g/mol. The van der Waals surface area contributed by atoms with Crippen LogP contribution in [0.5, 0.6) is 0 Å². The average Bonchev–Trinajstić information content (AvgIpc) is 3.01. The summed E-state index contributed by atoms with van der Waals surface area (Å²) in [4.78, 5) is 67.5. The van der Waals surface area contributed by atoms with E-state index in [1.165, 1.54) is 42.4 Å². The van der Waals surface area contributed by atoms with Gasteiger partial charge in [-0.2, -0.15) is 0 Å². The van der Waals surface area contributed by atoms with Gasteiger partial charge in [0, 0.05) is 49.8 Å². The molecule has 1 fully saturated rings. The highest BCUT2D eigenvalue weighted by atomic mass is 32.2. The summed E-state index contributed by atoms with van der Waals surface area (Å²) in [6.45, 7) is 5.34. The van der Waals surface area contributed by atoms with Crippen molar-refractivity contribution in [3.8, 4) is 0 Å². The first-order valence-electron chi connectivity index (χ1n) is 14.4. The Kier molecular flexibility index (Phi) is 10.1. The second-order valence-electron chi connectivity index (χ2n) is 11.9. The van der Waals surface area contributed by atoms with Crippen LogP contribution in [0.15, 0.2) is 59.6 Å². The van der Waals surface area contributed by atoms with Crippen molar-refractivity contribution < 1.29 is 46.3 Å². The molecule has 17 heteroatoms. The number of carboxylic acids is 1. The summed E-state index contributed by atoms with van der Waals surface area (Å²) in [7, 11) is -2.92. The molecule has 1 aromatic heterocycles. The van der Waals surface area contributed by atoms with Gasteiger partial charge in [0.1, 0.15) is 23.5 Å². The molecule has 3 aromatic rings. The molecular formula is C31H32F2N6O8S. The first-order chi connectivity index (χ1) is 22.4. The monoisotopic (exact) mass is 686 g/mol. The number of amides is 5. The standard InChI is InChI=1S/C31H32F2N6O8S/c1-31(2,3)29(44)35-18-6-8-19(9-7-18)48(46,47)37-23-15-21(32)20(14-22(23)33)27(41)36-24(28(42)43)13-17-5-10-25(34-16-17)39-26(40)11-12-38(4)30(39)45/h5-10,14-16,24,37H,11-13H2,1-4H3,(H,35,44)(H,36,41)(H,42,43)/t24-/m0/s1. The minimum Gasteiger partial charge on any atom is -0.480 e. The first kappa shape index (κ1) is 35.4.